The lowest BCUT2D eigenvalue weighted by Crippen LogP contribution is -2.18. The Bertz CT molecular complexity index is 549. The van der Waals surface area contributed by atoms with E-state index in [-0.39, 0.29) is 0 Å². The van der Waals surface area contributed by atoms with E-state index in [0.717, 1.165) is 22.2 Å². The van der Waals surface area contributed by atoms with Crippen molar-refractivity contribution in [3.8, 4) is 0 Å². The van der Waals surface area contributed by atoms with Gasteiger partial charge in [0, 0.05) is 11.1 Å². The topological polar surface area (TPSA) is 12.0 Å². The Balaban J connectivity index is 2.01. The predicted molar refractivity (Wildman–Crippen MR) is 84.4 cm³/mol. The molecule has 19 heavy (non-hydrogen) atoms. The van der Waals surface area contributed by atoms with Crippen molar-refractivity contribution in [1.29, 1.82) is 0 Å². The van der Waals surface area contributed by atoms with Gasteiger partial charge in [0.25, 0.3) is 0 Å². The van der Waals surface area contributed by atoms with Gasteiger partial charge < -0.3 is 5.32 Å². The maximum absolute atomic E-state index is 6.22. The van der Waals surface area contributed by atoms with Crippen LogP contribution in [0.2, 0.25) is 10.0 Å². The second-order valence-corrected chi connectivity index (χ2v) is 5.70. The summed E-state index contributed by atoms with van der Waals surface area (Å²) in [4.78, 5) is 0. The highest BCUT2D eigenvalue weighted by atomic mass is 35.5. The Labute approximate surface area is 124 Å². The maximum atomic E-state index is 6.22. The molecular formula is C16H17Cl2N. The van der Waals surface area contributed by atoms with Crippen LogP contribution in [-0.4, -0.2) is 6.04 Å². The summed E-state index contributed by atoms with van der Waals surface area (Å²) in [7, 11) is 0. The minimum Gasteiger partial charge on any atom is -0.381 e. The van der Waals surface area contributed by atoms with E-state index < -0.39 is 0 Å². The van der Waals surface area contributed by atoms with Gasteiger partial charge in [0.1, 0.15) is 0 Å². The highest BCUT2D eigenvalue weighted by Crippen LogP contribution is 2.24. The van der Waals surface area contributed by atoms with E-state index in [1.54, 1.807) is 0 Å². The third-order valence-corrected chi connectivity index (χ3v) is 3.55. The third kappa shape index (κ3) is 4.15. The lowest BCUT2D eigenvalue weighted by Gasteiger charge is -2.16. The number of nitrogens with one attached hydrogen (secondary N) is 1. The molecule has 3 heteroatoms. The van der Waals surface area contributed by atoms with Crippen LogP contribution in [0.5, 0.6) is 0 Å². The Morgan fingerprint density at radius 2 is 1.74 bits per heavy atom. The van der Waals surface area contributed by atoms with Crippen LogP contribution in [-0.2, 0) is 6.42 Å². The summed E-state index contributed by atoms with van der Waals surface area (Å²) in [6, 6.07) is 14.3. The molecule has 0 aliphatic carbocycles. The van der Waals surface area contributed by atoms with Gasteiger partial charge in [0.15, 0.2) is 0 Å². The summed E-state index contributed by atoms with van der Waals surface area (Å²) in [5.41, 5.74) is 3.40. The van der Waals surface area contributed by atoms with Crippen LogP contribution in [0.1, 0.15) is 18.1 Å². The van der Waals surface area contributed by atoms with Gasteiger partial charge in [-0.3, -0.25) is 0 Å². The molecule has 0 fully saturated rings. The van der Waals surface area contributed by atoms with Crippen molar-refractivity contribution in [2.75, 3.05) is 5.32 Å². The molecule has 0 saturated carbocycles. The first-order valence-electron chi connectivity index (χ1n) is 6.32. The highest BCUT2D eigenvalue weighted by molar-refractivity contribution is 6.33. The molecule has 0 saturated heterocycles. The summed E-state index contributed by atoms with van der Waals surface area (Å²) < 4.78 is 0. The smallest absolute Gasteiger partial charge is 0.0640 e. The zero-order chi connectivity index (χ0) is 13.8. The molecule has 0 aliphatic rings. The predicted octanol–water partition coefficient (Wildman–Crippen LogP) is 5.34. The molecule has 1 nitrogen and oxygen atoms in total. The van der Waals surface area contributed by atoms with E-state index in [9.17, 15) is 0 Å². The second kappa shape index (κ2) is 6.31. The molecule has 2 aromatic rings. The zero-order valence-electron chi connectivity index (χ0n) is 11.1. The largest absolute Gasteiger partial charge is 0.381 e. The van der Waals surface area contributed by atoms with Gasteiger partial charge in [0.2, 0.25) is 0 Å². The van der Waals surface area contributed by atoms with Crippen LogP contribution in [0.3, 0.4) is 0 Å². The van der Waals surface area contributed by atoms with Crippen LogP contribution in [0, 0.1) is 6.92 Å². The van der Waals surface area contributed by atoms with Gasteiger partial charge >= 0.3 is 0 Å². The molecule has 1 atom stereocenters. The fraction of sp³-hybridized carbons (Fsp3) is 0.250. The molecule has 1 unspecified atom stereocenters. The van der Waals surface area contributed by atoms with Crippen molar-refractivity contribution in [3.63, 3.8) is 0 Å². The fourth-order valence-corrected chi connectivity index (χ4v) is 2.44. The van der Waals surface area contributed by atoms with E-state index in [0.29, 0.717) is 6.04 Å². The lowest BCUT2D eigenvalue weighted by atomic mass is 10.1. The fourth-order valence-electron chi connectivity index (χ4n) is 2.03. The standard InChI is InChI=1S/C16H17Cl2N/c1-11-3-8-16(15(18)9-11)19-12(2)10-13-4-6-14(17)7-5-13/h3-9,12,19H,10H2,1-2H3. The van der Waals surface area contributed by atoms with E-state index in [4.69, 9.17) is 23.2 Å². The van der Waals surface area contributed by atoms with Gasteiger partial charge in [-0.15, -0.1) is 0 Å². The number of hydrogen-bond donors (Lipinski definition) is 1. The van der Waals surface area contributed by atoms with Crippen LogP contribution < -0.4 is 5.32 Å². The molecule has 0 amide bonds. The van der Waals surface area contributed by atoms with E-state index >= 15 is 0 Å². The van der Waals surface area contributed by atoms with E-state index in [1.165, 1.54) is 11.1 Å². The van der Waals surface area contributed by atoms with Crippen molar-refractivity contribution >= 4 is 28.9 Å². The maximum Gasteiger partial charge on any atom is 0.0640 e. The molecule has 0 spiro atoms. The van der Waals surface area contributed by atoms with E-state index in [2.05, 4.69) is 30.4 Å². The number of anilines is 1. The van der Waals surface area contributed by atoms with Crippen molar-refractivity contribution < 1.29 is 0 Å². The minimum absolute atomic E-state index is 0.307. The molecule has 100 valence electrons. The SMILES string of the molecule is Cc1ccc(NC(C)Cc2ccc(Cl)cc2)c(Cl)c1. The first kappa shape index (κ1) is 14.2. The van der Waals surface area contributed by atoms with Crippen LogP contribution >= 0.6 is 23.2 Å². The molecule has 2 aromatic carbocycles. The first-order chi connectivity index (χ1) is 9.04. The number of halogens is 2. The first-order valence-corrected chi connectivity index (χ1v) is 7.07. The number of aryl methyl sites for hydroxylation is 1. The van der Waals surface area contributed by atoms with Crippen molar-refractivity contribution in [1.82, 2.24) is 0 Å². The van der Waals surface area contributed by atoms with E-state index in [1.807, 2.05) is 31.2 Å². The third-order valence-electron chi connectivity index (χ3n) is 2.98. The molecule has 0 aliphatic heterocycles. The molecule has 0 aromatic heterocycles. The average Bonchev–Trinajstić information content (AvgIpc) is 2.36. The summed E-state index contributed by atoms with van der Waals surface area (Å²) in [6.45, 7) is 4.18. The number of benzene rings is 2. The molecule has 1 N–H and O–H groups in total. The molecule has 0 radical (unpaired) electrons. The van der Waals surface area contributed by atoms with Crippen LogP contribution in [0.4, 0.5) is 5.69 Å². The number of rotatable bonds is 4. The minimum atomic E-state index is 0.307. The summed E-state index contributed by atoms with van der Waals surface area (Å²) in [5.74, 6) is 0. The Kier molecular flexibility index (Phi) is 4.73. The van der Waals surface area contributed by atoms with Gasteiger partial charge in [-0.25, -0.2) is 0 Å². The van der Waals surface area contributed by atoms with Crippen molar-refractivity contribution in [2.24, 2.45) is 0 Å². The van der Waals surface area contributed by atoms with Crippen molar-refractivity contribution in [2.45, 2.75) is 26.3 Å². The zero-order valence-corrected chi connectivity index (χ0v) is 12.6. The Morgan fingerprint density at radius 1 is 1.05 bits per heavy atom. The van der Waals surface area contributed by atoms with Gasteiger partial charge in [-0.05, 0) is 55.7 Å². The normalized spacial score (nSPS) is 12.2. The molecule has 0 heterocycles. The average molecular weight is 294 g/mol. The highest BCUT2D eigenvalue weighted by Gasteiger charge is 2.06. The van der Waals surface area contributed by atoms with Gasteiger partial charge in [-0.2, -0.15) is 0 Å². The monoisotopic (exact) mass is 293 g/mol. The molecular weight excluding hydrogens is 277 g/mol. The summed E-state index contributed by atoms with van der Waals surface area (Å²) in [6.07, 6.45) is 0.932. The summed E-state index contributed by atoms with van der Waals surface area (Å²) >= 11 is 12.1. The Hall–Kier alpha value is -1.18. The molecule has 2 rings (SSSR count). The van der Waals surface area contributed by atoms with Gasteiger partial charge in [0.05, 0.1) is 10.7 Å². The lowest BCUT2D eigenvalue weighted by molar-refractivity contribution is 0.790. The summed E-state index contributed by atoms with van der Waals surface area (Å²) in [5, 5.41) is 4.97. The van der Waals surface area contributed by atoms with Crippen molar-refractivity contribution in [3.05, 3.63) is 63.6 Å². The van der Waals surface area contributed by atoms with Crippen LogP contribution in [0.25, 0.3) is 0 Å². The number of hydrogen-bond acceptors (Lipinski definition) is 1. The second-order valence-electron chi connectivity index (χ2n) is 4.86. The van der Waals surface area contributed by atoms with Gasteiger partial charge in [-0.1, -0.05) is 41.4 Å². The Morgan fingerprint density at radius 3 is 2.37 bits per heavy atom. The van der Waals surface area contributed by atoms with Crippen LogP contribution in [0.15, 0.2) is 42.5 Å². The quantitative estimate of drug-likeness (QED) is 0.802. The molecule has 0 bridgehead atoms.